The summed E-state index contributed by atoms with van der Waals surface area (Å²) in [5, 5.41) is 13.4. The number of furan rings is 1. The van der Waals surface area contributed by atoms with Crippen molar-refractivity contribution < 1.29 is 9.52 Å². The molecule has 0 saturated carbocycles. The number of fused-ring (bicyclic) bond motifs is 2. The topological polar surface area (TPSA) is 64.1 Å². The Labute approximate surface area is 378 Å². The Balaban J connectivity index is 1.28. The Morgan fingerprint density at radius 1 is 0.609 bits per heavy atom. The van der Waals surface area contributed by atoms with E-state index < -0.39 is 0 Å². The summed E-state index contributed by atoms with van der Waals surface area (Å²) in [6.07, 6.45) is 1.86. The molecule has 0 aliphatic carbocycles. The van der Waals surface area contributed by atoms with E-state index in [1.54, 1.807) is 0 Å². The van der Waals surface area contributed by atoms with Crippen LogP contribution in [0.25, 0.3) is 83.9 Å². The van der Waals surface area contributed by atoms with Gasteiger partial charge in [-0.3, -0.25) is 9.55 Å². The predicted octanol–water partition coefficient (Wildman–Crippen LogP) is 16.4. The van der Waals surface area contributed by atoms with Gasteiger partial charge in [0.15, 0.2) is 0 Å². The van der Waals surface area contributed by atoms with Gasteiger partial charge in [-0.1, -0.05) is 172 Å². The van der Waals surface area contributed by atoms with Crippen molar-refractivity contribution in [2.24, 2.45) is 0 Å². The highest BCUT2D eigenvalue weighted by Crippen LogP contribution is 2.47. The van der Waals surface area contributed by atoms with Gasteiger partial charge >= 0.3 is 0 Å². The lowest BCUT2D eigenvalue weighted by molar-refractivity contribution is 0.446. The van der Waals surface area contributed by atoms with Crippen LogP contribution >= 0.6 is 0 Å². The van der Waals surface area contributed by atoms with E-state index in [1.807, 2.05) is 18.3 Å². The van der Waals surface area contributed by atoms with Crippen molar-refractivity contribution >= 4 is 22.0 Å². The lowest BCUT2D eigenvalue weighted by Crippen LogP contribution is -2.17. The second kappa shape index (κ2) is 16.1. The Bertz CT molecular complexity index is 3180. The highest BCUT2D eigenvalue weighted by Gasteiger charge is 2.30. The summed E-state index contributed by atoms with van der Waals surface area (Å²) in [6.45, 7) is 24.3. The molecule has 0 unspecified atom stereocenters. The number of aromatic nitrogens is 3. The van der Waals surface area contributed by atoms with Crippen LogP contribution in [-0.2, 0) is 10.8 Å². The zero-order chi connectivity index (χ0) is 45.2. The van der Waals surface area contributed by atoms with Crippen LogP contribution in [0.15, 0.2) is 144 Å². The third-order valence-corrected chi connectivity index (χ3v) is 12.8. The molecule has 9 aromatic rings. The fourth-order valence-corrected chi connectivity index (χ4v) is 9.39. The van der Waals surface area contributed by atoms with Gasteiger partial charge in [0.1, 0.15) is 22.9 Å². The summed E-state index contributed by atoms with van der Waals surface area (Å²) in [4.78, 5) is 10.6. The molecule has 0 radical (unpaired) electrons. The molecule has 0 bridgehead atoms. The van der Waals surface area contributed by atoms with Crippen LogP contribution in [0.4, 0.5) is 0 Å². The first-order valence-electron chi connectivity index (χ1n) is 22.7. The SMILES string of the molecule is Cc1c(-c2c(C(C)C)cccc2C(C)C)oc2ccnc(-c3cccc(-c4cccc5c4nc(-c4cc(C(C)(C)C)cc(C(C)(C)C)c4O)n5-c4ccccc4-c4ccccc4)c3)c12. The van der Waals surface area contributed by atoms with Crippen molar-refractivity contribution in [3.05, 3.63) is 167 Å². The molecule has 5 heteroatoms. The molecule has 0 spiro atoms. The molecule has 0 atom stereocenters. The average molecular weight is 842 g/mol. The Kier molecular flexibility index (Phi) is 10.7. The maximum atomic E-state index is 12.4. The molecular formula is C59H59N3O2. The smallest absolute Gasteiger partial charge is 0.149 e. The highest BCUT2D eigenvalue weighted by atomic mass is 16.3. The summed E-state index contributed by atoms with van der Waals surface area (Å²) < 4.78 is 9.09. The van der Waals surface area contributed by atoms with Crippen molar-refractivity contribution in [2.75, 3.05) is 0 Å². The number of phenolic OH excluding ortho intramolecular Hbond substituents is 1. The minimum absolute atomic E-state index is 0.174. The largest absolute Gasteiger partial charge is 0.507 e. The van der Waals surface area contributed by atoms with Crippen molar-refractivity contribution in [3.63, 3.8) is 0 Å². The fraction of sp³-hybridized carbons (Fsp3) is 0.254. The van der Waals surface area contributed by atoms with Gasteiger partial charge in [-0.25, -0.2) is 4.98 Å². The van der Waals surface area contributed by atoms with E-state index in [2.05, 4.69) is 202 Å². The fourth-order valence-electron chi connectivity index (χ4n) is 9.39. The van der Waals surface area contributed by atoms with E-state index in [0.717, 1.165) is 83.7 Å². The van der Waals surface area contributed by atoms with Gasteiger partial charge in [-0.05, 0) is 87.7 Å². The van der Waals surface area contributed by atoms with Gasteiger partial charge in [-0.2, -0.15) is 0 Å². The van der Waals surface area contributed by atoms with E-state index in [-0.39, 0.29) is 16.6 Å². The minimum Gasteiger partial charge on any atom is -0.507 e. The maximum absolute atomic E-state index is 12.4. The van der Waals surface area contributed by atoms with Gasteiger partial charge < -0.3 is 9.52 Å². The monoisotopic (exact) mass is 841 g/mol. The predicted molar refractivity (Wildman–Crippen MR) is 268 cm³/mol. The number of hydrogen-bond acceptors (Lipinski definition) is 4. The van der Waals surface area contributed by atoms with E-state index in [4.69, 9.17) is 14.4 Å². The lowest BCUT2D eigenvalue weighted by Gasteiger charge is -2.27. The third-order valence-electron chi connectivity index (χ3n) is 12.8. The van der Waals surface area contributed by atoms with Crippen molar-refractivity contribution in [1.82, 2.24) is 14.5 Å². The van der Waals surface area contributed by atoms with E-state index in [1.165, 1.54) is 16.7 Å². The summed E-state index contributed by atoms with van der Waals surface area (Å²) in [5.74, 6) is 2.53. The number of nitrogens with zero attached hydrogens (tertiary/aromatic N) is 3. The molecule has 1 N–H and O–H groups in total. The van der Waals surface area contributed by atoms with E-state index >= 15 is 0 Å². The molecule has 0 amide bonds. The molecular weight excluding hydrogens is 783 g/mol. The van der Waals surface area contributed by atoms with Crippen LogP contribution in [-0.4, -0.2) is 19.6 Å². The zero-order valence-corrected chi connectivity index (χ0v) is 39.1. The average Bonchev–Trinajstić information content (AvgIpc) is 3.83. The van der Waals surface area contributed by atoms with Crippen molar-refractivity contribution in [1.29, 1.82) is 0 Å². The van der Waals surface area contributed by atoms with Gasteiger partial charge in [0.05, 0.1) is 33.4 Å². The van der Waals surface area contributed by atoms with Crippen LogP contribution in [0.3, 0.4) is 0 Å². The van der Waals surface area contributed by atoms with Crippen LogP contribution in [0.5, 0.6) is 5.75 Å². The third kappa shape index (κ3) is 7.41. The first-order valence-corrected chi connectivity index (χ1v) is 22.7. The normalized spacial score (nSPS) is 12.3. The number of rotatable bonds is 8. The number of aryl methyl sites for hydroxylation is 1. The molecule has 9 rings (SSSR count). The first kappa shape index (κ1) is 42.6. The zero-order valence-electron chi connectivity index (χ0n) is 39.1. The van der Waals surface area contributed by atoms with Crippen LogP contribution in [0.1, 0.15) is 109 Å². The molecule has 0 aliphatic rings. The second-order valence-electron chi connectivity index (χ2n) is 20.0. The maximum Gasteiger partial charge on any atom is 0.149 e. The Morgan fingerprint density at radius 2 is 1.23 bits per heavy atom. The molecule has 3 heterocycles. The summed E-state index contributed by atoms with van der Waals surface area (Å²) in [7, 11) is 0. The van der Waals surface area contributed by atoms with Gasteiger partial charge in [0, 0.05) is 39.6 Å². The molecule has 3 aromatic heterocycles. The van der Waals surface area contributed by atoms with Crippen molar-refractivity contribution in [2.45, 2.75) is 98.8 Å². The Morgan fingerprint density at radius 3 is 1.92 bits per heavy atom. The molecule has 0 aliphatic heterocycles. The highest BCUT2D eigenvalue weighted by molar-refractivity contribution is 6.01. The number of hydrogen-bond donors (Lipinski definition) is 1. The van der Waals surface area contributed by atoms with Crippen LogP contribution < -0.4 is 0 Å². The number of pyridine rings is 1. The number of aromatic hydroxyl groups is 1. The molecule has 6 aromatic carbocycles. The Hall–Kier alpha value is -6.72. The first-order chi connectivity index (χ1) is 30.5. The quantitative estimate of drug-likeness (QED) is 0.166. The molecule has 5 nitrogen and oxygen atoms in total. The molecule has 64 heavy (non-hydrogen) atoms. The van der Waals surface area contributed by atoms with Crippen LogP contribution in [0.2, 0.25) is 0 Å². The number of para-hydroxylation sites is 2. The van der Waals surface area contributed by atoms with Gasteiger partial charge in [0.25, 0.3) is 0 Å². The van der Waals surface area contributed by atoms with Crippen LogP contribution in [0, 0.1) is 6.92 Å². The summed E-state index contributed by atoms with van der Waals surface area (Å²) in [5.41, 5.74) is 16.8. The number of imidazole rings is 1. The minimum atomic E-state index is -0.315. The van der Waals surface area contributed by atoms with Gasteiger partial charge in [-0.15, -0.1) is 0 Å². The molecule has 0 fully saturated rings. The second-order valence-corrected chi connectivity index (χ2v) is 20.0. The lowest BCUT2D eigenvalue weighted by atomic mass is 9.79. The molecule has 322 valence electrons. The standard InChI is InChI=1S/C59H59N3O2/c1-35(2)42-25-18-26-43(36(3)4)52(42)56-37(5)51-50(64-56)30-31-60-53(51)40-23-17-22-39(32-40)45-27-19-29-49-54(45)61-57(46-33-41(58(6,7)8)34-47(55(46)63)59(9,10)11)62(49)48-28-16-15-24-44(48)38-20-13-12-14-21-38/h12-36,63H,1-11H3. The van der Waals surface area contributed by atoms with Crippen molar-refractivity contribution in [3.8, 4) is 67.7 Å². The van der Waals surface area contributed by atoms with Gasteiger partial charge in [0.2, 0.25) is 0 Å². The molecule has 0 saturated heterocycles. The number of benzene rings is 6. The summed E-state index contributed by atoms with van der Waals surface area (Å²) in [6, 6.07) is 47.0. The number of phenols is 1. The van der Waals surface area contributed by atoms with E-state index in [0.29, 0.717) is 23.2 Å². The summed E-state index contributed by atoms with van der Waals surface area (Å²) >= 11 is 0. The van der Waals surface area contributed by atoms with E-state index in [9.17, 15) is 5.11 Å².